The largest absolute Gasteiger partial charge is 0.394 e. The Hall–Kier alpha value is -1.49. The Bertz CT molecular complexity index is 562. The van der Waals surface area contributed by atoms with Crippen LogP contribution in [0.2, 0.25) is 0 Å². The van der Waals surface area contributed by atoms with Gasteiger partial charge in [0.15, 0.2) is 0 Å². The lowest BCUT2D eigenvalue weighted by Gasteiger charge is -2.16. The molecule has 0 aliphatic carbocycles. The fourth-order valence-electron chi connectivity index (χ4n) is 1.91. The number of aryl methyl sites for hydroxylation is 2. The smallest absolute Gasteiger partial charge is 0.148 e. The van der Waals surface area contributed by atoms with Crippen molar-refractivity contribution < 1.29 is 0 Å². The average molecular weight is 309 g/mol. The number of nitrogen functional groups attached to an aromatic ring is 1. The lowest BCUT2D eigenvalue weighted by Crippen LogP contribution is -2.11. The molecule has 18 heavy (non-hydrogen) atoms. The molecular weight excluding hydrogens is 292 g/mol. The van der Waals surface area contributed by atoms with E-state index in [1.54, 1.807) is 4.68 Å². The van der Waals surface area contributed by atoms with E-state index in [0.29, 0.717) is 5.69 Å². The summed E-state index contributed by atoms with van der Waals surface area (Å²) in [6, 6.07) is 8.38. The lowest BCUT2D eigenvalue weighted by molar-refractivity contribution is 0.742. The van der Waals surface area contributed by atoms with Gasteiger partial charge in [0.05, 0.1) is 17.4 Å². The molecule has 0 aliphatic rings. The molecule has 1 unspecified atom stereocenters. The van der Waals surface area contributed by atoms with Gasteiger partial charge in [-0.15, -0.1) is 0 Å². The highest BCUT2D eigenvalue weighted by Crippen LogP contribution is 2.26. The van der Waals surface area contributed by atoms with Crippen molar-refractivity contribution in [3.63, 3.8) is 0 Å². The Balaban J connectivity index is 2.24. The van der Waals surface area contributed by atoms with Gasteiger partial charge in [0, 0.05) is 11.5 Å². The van der Waals surface area contributed by atoms with Gasteiger partial charge < -0.3 is 11.1 Å². The molecular formula is C13H17BrN4. The first-order valence-corrected chi connectivity index (χ1v) is 6.59. The molecule has 0 fully saturated rings. The molecule has 1 heterocycles. The molecule has 0 spiro atoms. The quantitative estimate of drug-likeness (QED) is 0.915. The first-order valence-electron chi connectivity index (χ1n) is 5.80. The maximum Gasteiger partial charge on any atom is 0.148 e. The van der Waals surface area contributed by atoms with E-state index in [0.717, 1.165) is 16.0 Å². The number of anilines is 2. The number of hydrogen-bond donors (Lipinski definition) is 2. The molecule has 1 atom stereocenters. The van der Waals surface area contributed by atoms with Crippen molar-refractivity contribution in [3.05, 3.63) is 40.0 Å². The van der Waals surface area contributed by atoms with E-state index in [-0.39, 0.29) is 6.04 Å². The maximum atomic E-state index is 6.00. The molecule has 0 amide bonds. The monoisotopic (exact) mass is 308 g/mol. The third kappa shape index (κ3) is 2.51. The van der Waals surface area contributed by atoms with Crippen LogP contribution in [0, 0.1) is 6.92 Å². The SMILES string of the molecule is Cc1nn(C)c(NC(C)c2cccc(Br)c2)c1N. The summed E-state index contributed by atoms with van der Waals surface area (Å²) >= 11 is 3.48. The van der Waals surface area contributed by atoms with Gasteiger partial charge >= 0.3 is 0 Å². The predicted molar refractivity (Wildman–Crippen MR) is 78.5 cm³/mol. The molecule has 5 heteroatoms. The molecule has 1 aromatic carbocycles. The molecule has 0 aliphatic heterocycles. The van der Waals surface area contributed by atoms with Crippen LogP contribution in [0.3, 0.4) is 0 Å². The van der Waals surface area contributed by atoms with Crippen LogP contribution in [-0.2, 0) is 7.05 Å². The van der Waals surface area contributed by atoms with Crippen LogP contribution in [0.1, 0.15) is 24.2 Å². The standard InChI is InChI=1S/C13H17BrN4/c1-8(10-5-4-6-11(14)7-10)16-13-12(15)9(2)17-18(13)3/h4-8,16H,15H2,1-3H3. The van der Waals surface area contributed by atoms with E-state index >= 15 is 0 Å². The number of halogens is 1. The molecule has 2 rings (SSSR count). The second kappa shape index (κ2) is 5.02. The fraction of sp³-hybridized carbons (Fsp3) is 0.308. The zero-order valence-electron chi connectivity index (χ0n) is 10.7. The molecule has 2 aromatic rings. The second-order valence-electron chi connectivity index (χ2n) is 4.39. The van der Waals surface area contributed by atoms with Crippen LogP contribution in [0.4, 0.5) is 11.5 Å². The minimum Gasteiger partial charge on any atom is -0.394 e. The third-order valence-corrected chi connectivity index (χ3v) is 3.46. The second-order valence-corrected chi connectivity index (χ2v) is 5.31. The summed E-state index contributed by atoms with van der Waals surface area (Å²) in [7, 11) is 1.89. The topological polar surface area (TPSA) is 55.9 Å². The number of aromatic nitrogens is 2. The Morgan fingerprint density at radius 3 is 2.72 bits per heavy atom. The number of hydrogen-bond acceptors (Lipinski definition) is 3. The molecule has 96 valence electrons. The zero-order chi connectivity index (χ0) is 13.3. The van der Waals surface area contributed by atoms with E-state index in [9.17, 15) is 0 Å². The van der Waals surface area contributed by atoms with Crippen LogP contribution in [0.25, 0.3) is 0 Å². The van der Waals surface area contributed by atoms with Gasteiger partial charge in [-0.1, -0.05) is 28.1 Å². The summed E-state index contributed by atoms with van der Waals surface area (Å²) < 4.78 is 2.85. The van der Waals surface area contributed by atoms with E-state index in [4.69, 9.17) is 5.73 Å². The van der Waals surface area contributed by atoms with Gasteiger partial charge in [-0.05, 0) is 31.5 Å². The molecule has 0 bridgehead atoms. The minimum atomic E-state index is 0.166. The van der Waals surface area contributed by atoms with Crippen LogP contribution in [0.15, 0.2) is 28.7 Å². The van der Waals surface area contributed by atoms with Gasteiger partial charge in [-0.3, -0.25) is 4.68 Å². The summed E-state index contributed by atoms with van der Waals surface area (Å²) in [6.07, 6.45) is 0. The van der Waals surface area contributed by atoms with Crippen molar-refractivity contribution in [1.29, 1.82) is 0 Å². The van der Waals surface area contributed by atoms with Crippen LogP contribution in [-0.4, -0.2) is 9.78 Å². The molecule has 3 N–H and O–H groups in total. The normalized spacial score (nSPS) is 12.4. The maximum absolute atomic E-state index is 6.00. The Kier molecular flexibility index (Phi) is 3.61. The third-order valence-electron chi connectivity index (χ3n) is 2.97. The van der Waals surface area contributed by atoms with Gasteiger partial charge in [-0.25, -0.2) is 0 Å². The van der Waals surface area contributed by atoms with Gasteiger partial charge in [0.25, 0.3) is 0 Å². The van der Waals surface area contributed by atoms with E-state index < -0.39 is 0 Å². The Morgan fingerprint density at radius 1 is 1.44 bits per heavy atom. The summed E-state index contributed by atoms with van der Waals surface area (Å²) in [5.41, 5.74) is 8.76. The number of nitrogens with two attached hydrogens (primary N) is 1. The highest BCUT2D eigenvalue weighted by molar-refractivity contribution is 9.10. The predicted octanol–water partition coefficient (Wildman–Crippen LogP) is 3.25. The van der Waals surface area contributed by atoms with Gasteiger partial charge in [0.1, 0.15) is 5.82 Å². The highest BCUT2D eigenvalue weighted by atomic mass is 79.9. The summed E-state index contributed by atoms with van der Waals surface area (Å²) in [4.78, 5) is 0. The lowest BCUT2D eigenvalue weighted by atomic mass is 10.1. The molecule has 0 saturated carbocycles. The van der Waals surface area contributed by atoms with Crippen molar-refractivity contribution >= 4 is 27.4 Å². The number of rotatable bonds is 3. The van der Waals surface area contributed by atoms with Gasteiger partial charge in [-0.2, -0.15) is 5.10 Å². The van der Waals surface area contributed by atoms with Crippen molar-refractivity contribution in [2.24, 2.45) is 7.05 Å². The Morgan fingerprint density at radius 2 is 2.17 bits per heavy atom. The average Bonchev–Trinajstić information content (AvgIpc) is 2.56. The van der Waals surface area contributed by atoms with Crippen LogP contribution < -0.4 is 11.1 Å². The van der Waals surface area contributed by atoms with Crippen molar-refractivity contribution in [2.75, 3.05) is 11.1 Å². The number of nitrogens with zero attached hydrogens (tertiary/aromatic N) is 2. The molecule has 4 nitrogen and oxygen atoms in total. The van der Waals surface area contributed by atoms with E-state index in [2.05, 4.69) is 45.4 Å². The summed E-state index contributed by atoms with van der Waals surface area (Å²) in [6.45, 7) is 4.01. The van der Waals surface area contributed by atoms with Gasteiger partial charge in [0.2, 0.25) is 0 Å². The van der Waals surface area contributed by atoms with Crippen molar-refractivity contribution in [2.45, 2.75) is 19.9 Å². The highest BCUT2D eigenvalue weighted by Gasteiger charge is 2.13. The van der Waals surface area contributed by atoms with E-state index in [1.165, 1.54) is 5.56 Å². The van der Waals surface area contributed by atoms with Crippen LogP contribution >= 0.6 is 15.9 Å². The Labute approximate surface area is 115 Å². The number of benzene rings is 1. The van der Waals surface area contributed by atoms with Crippen molar-refractivity contribution in [3.8, 4) is 0 Å². The summed E-state index contributed by atoms with van der Waals surface area (Å²) in [5.74, 6) is 0.861. The molecule has 1 aromatic heterocycles. The first kappa shape index (κ1) is 13.0. The fourth-order valence-corrected chi connectivity index (χ4v) is 2.33. The molecule has 0 saturated heterocycles. The van der Waals surface area contributed by atoms with Crippen LogP contribution in [0.5, 0.6) is 0 Å². The number of nitrogens with one attached hydrogen (secondary N) is 1. The first-order chi connectivity index (χ1) is 8.49. The molecule has 0 radical (unpaired) electrons. The summed E-state index contributed by atoms with van der Waals surface area (Å²) in [5, 5.41) is 7.69. The van der Waals surface area contributed by atoms with E-state index in [1.807, 2.05) is 26.1 Å². The minimum absolute atomic E-state index is 0.166. The zero-order valence-corrected chi connectivity index (χ0v) is 12.3. The van der Waals surface area contributed by atoms with Crippen molar-refractivity contribution in [1.82, 2.24) is 9.78 Å².